The van der Waals surface area contributed by atoms with Gasteiger partial charge in [0.2, 0.25) is 0 Å². The molecular formula is C9H17N3O6S2. The van der Waals surface area contributed by atoms with Crippen LogP contribution in [0.1, 0.15) is 0 Å². The van der Waals surface area contributed by atoms with Crippen LogP contribution >= 0.6 is 21.6 Å². The van der Waals surface area contributed by atoms with E-state index in [1.54, 1.807) is 0 Å². The van der Waals surface area contributed by atoms with E-state index in [9.17, 15) is 14.4 Å². The first-order valence-corrected chi connectivity index (χ1v) is 7.95. The number of carboxylic acid groups (broad SMARTS) is 2. The molecule has 0 bridgehead atoms. The standard InChI is InChI=1S/C6H12N2O4S2.C3H5NO2/c7-3(5(9)10)1-13-14-2-4(8)6(11)12;5-3-4-1-2-6-3/h3-4H,1-2,7-8H2,(H,9,10)(H,11,12);1-2H2,(H,4,5)/t3-,4-;/m0./s1. The molecule has 116 valence electrons. The van der Waals surface area contributed by atoms with Crippen LogP contribution in [0.2, 0.25) is 0 Å². The van der Waals surface area contributed by atoms with Crippen molar-refractivity contribution in [2.24, 2.45) is 11.5 Å². The van der Waals surface area contributed by atoms with Gasteiger partial charge in [0.25, 0.3) is 0 Å². The number of carbonyl (C=O) groups is 3. The first-order valence-electron chi connectivity index (χ1n) is 5.46. The number of ether oxygens (including phenoxy) is 1. The van der Waals surface area contributed by atoms with E-state index in [0.717, 1.165) is 0 Å². The minimum atomic E-state index is -1.07. The van der Waals surface area contributed by atoms with E-state index in [4.69, 9.17) is 21.7 Å². The summed E-state index contributed by atoms with van der Waals surface area (Å²) in [7, 11) is 2.41. The molecule has 1 heterocycles. The third-order valence-electron chi connectivity index (χ3n) is 1.82. The lowest BCUT2D eigenvalue weighted by Gasteiger charge is -2.07. The smallest absolute Gasteiger partial charge is 0.407 e. The van der Waals surface area contributed by atoms with Crippen LogP contribution in [-0.2, 0) is 14.3 Å². The van der Waals surface area contributed by atoms with Crippen molar-refractivity contribution in [1.82, 2.24) is 5.32 Å². The summed E-state index contributed by atoms with van der Waals surface area (Å²) in [6.45, 7) is 1.19. The molecule has 1 rings (SSSR count). The Labute approximate surface area is 123 Å². The average molecular weight is 327 g/mol. The zero-order valence-electron chi connectivity index (χ0n) is 10.5. The lowest BCUT2D eigenvalue weighted by molar-refractivity contribution is -0.138. The second-order valence-electron chi connectivity index (χ2n) is 3.52. The quantitative estimate of drug-likeness (QED) is 0.287. The van der Waals surface area contributed by atoms with Crippen LogP contribution in [-0.4, -0.2) is 65.0 Å². The van der Waals surface area contributed by atoms with Crippen molar-refractivity contribution in [2.75, 3.05) is 24.7 Å². The highest BCUT2D eigenvalue weighted by molar-refractivity contribution is 8.76. The number of hydrogen-bond donors (Lipinski definition) is 5. The number of alkyl carbamates (subject to hydrolysis) is 1. The molecule has 0 unspecified atom stereocenters. The van der Waals surface area contributed by atoms with Crippen molar-refractivity contribution in [2.45, 2.75) is 12.1 Å². The van der Waals surface area contributed by atoms with Gasteiger partial charge in [-0.1, -0.05) is 21.6 Å². The molecule has 1 amide bonds. The molecule has 1 saturated heterocycles. The molecule has 0 spiro atoms. The number of rotatable bonds is 7. The summed E-state index contributed by atoms with van der Waals surface area (Å²) in [5, 5.41) is 19.3. The molecule has 0 radical (unpaired) electrons. The summed E-state index contributed by atoms with van der Waals surface area (Å²) in [6.07, 6.45) is -0.296. The van der Waals surface area contributed by atoms with Gasteiger partial charge in [0.1, 0.15) is 18.7 Å². The van der Waals surface area contributed by atoms with Gasteiger partial charge < -0.3 is 31.7 Å². The molecule has 0 saturated carbocycles. The Morgan fingerprint density at radius 2 is 1.65 bits per heavy atom. The Balaban J connectivity index is 0.000000493. The van der Waals surface area contributed by atoms with Gasteiger partial charge >= 0.3 is 18.0 Å². The number of cyclic esters (lactones) is 1. The first-order chi connectivity index (χ1) is 9.34. The number of amides is 1. The lowest BCUT2D eigenvalue weighted by Crippen LogP contribution is -2.33. The molecule has 20 heavy (non-hydrogen) atoms. The van der Waals surface area contributed by atoms with Crippen molar-refractivity contribution < 1.29 is 29.3 Å². The molecule has 11 heteroatoms. The van der Waals surface area contributed by atoms with Gasteiger partial charge in [0.05, 0.1) is 6.54 Å². The molecule has 0 aliphatic carbocycles. The normalized spacial score (nSPS) is 16.2. The van der Waals surface area contributed by atoms with Crippen LogP contribution < -0.4 is 16.8 Å². The van der Waals surface area contributed by atoms with Crippen LogP contribution in [0.3, 0.4) is 0 Å². The highest BCUT2D eigenvalue weighted by atomic mass is 33.1. The highest BCUT2D eigenvalue weighted by Gasteiger charge is 2.14. The third kappa shape index (κ3) is 9.72. The molecule has 1 aliphatic heterocycles. The SMILES string of the molecule is N[C@@H](CSSC[C@H](N)C(=O)O)C(=O)O.O=C1NCCO1. The Bertz CT molecular complexity index is 314. The topological polar surface area (TPSA) is 165 Å². The Morgan fingerprint density at radius 1 is 1.20 bits per heavy atom. The first kappa shape index (κ1) is 18.8. The van der Waals surface area contributed by atoms with Gasteiger partial charge in [0.15, 0.2) is 0 Å². The summed E-state index contributed by atoms with van der Waals surface area (Å²) in [5.74, 6) is -1.68. The Hall–Kier alpha value is -1.17. The summed E-state index contributed by atoms with van der Waals surface area (Å²) in [4.78, 5) is 30.4. The maximum atomic E-state index is 10.3. The second kappa shape index (κ2) is 10.6. The van der Waals surface area contributed by atoms with E-state index < -0.39 is 24.0 Å². The maximum Gasteiger partial charge on any atom is 0.407 e. The minimum absolute atomic E-state index is 0.229. The number of carbonyl (C=O) groups excluding carboxylic acids is 1. The van der Waals surface area contributed by atoms with Crippen molar-refractivity contribution in [3.05, 3.63) is 0 Å². The predicted molar refractivity (Wildman–Crippen MR) is 75.5 cm³/mol. The average Bonchev–Trinajstić information content (AvgIpc) is 2.85. The minimum Gasteiger partial charge on any atom is -0.480 e. The fraction of sp³-hybridized carbons (Fsp3) is 0.667. The Kier molecular flexibility index (Phi) is 9.98. The van der Waals surface area contributed by atoms with Crippen LogP contribution in [0.15, 0.2) is 0 Å². The fourth-order valence-corrected chi connectivity index (χ4v) is 2.96. The van der Waals surface area contributed by atoms with Gasteiger partial charge in [-0.3, -0.25) is 9.59 Å². The van der Waals surface area contributed by atoms with Crippen LogP contribution in [0.25, 0.3) is 0 Å². The van der Waals surface area contributed by atoms with Gasteiger partial charge in [0, 0.05) is 11.5 Å². The van der Waals surface area contributed by atoms with Crippen molar-refractivity contribution in [3.8, 4) is 0 Å². The van der Waals surface area contributed by atoms with Gasteiger partial charge in [-0.2, -0.15) is 0 Å². The van der Waals surface area contributed by atoms with Crippen LogP contribution in [0, 0.1) is 0 Å². The number of hydrogen-bond acceptors (Lipinski definition) is 8. The van der Waals surface area contributed by atoms with E-state index in [0.29, 0.717) is 13.2 Å². The molecule has 0 aromatic carbocycles. The maximum absolute atomic E-state index is 10.3. The number of nitrogens with one attached hydrogen (secondary N) is 1. The van der Waals surface area contributed by atoms with Crippen LogP contribution in [0.4, 0.5) is 4.79 Å². The number of nitrogens with two attached hydrogens (primary N) is 2. The molecule has 7 N–H and O–H groups in total. The summed E-state index contributed by atoms with van der Waals surface area (Å²) in [5.41, 5.74) is 10.4. The summed E-state index contributed by atoms with van der Waals surface area (Å²) in [6, 6.07) is -1.85. The molecule has 2 atom stereocenters. The molecule has 0 aromatic rings. The number of carboxylic acids is 2. The van der Waals surface area contributed by atoms with Crippen LogP contribution in [0.5, 0.6) is 0 Å². The largest absolute Gasteiger partial charge is 0.480 e. The van der Waals surface area contributed by atoms with E-state index in [-0.39, 0.29) is 17.6 Å². The number of aliphatic carboxylic acids is 2. The molecule has 0 aromatic heterocycles. The Morgan fingerprint density at radius 3 is 1.85 bits per heavy atom. The second-order valence-corrected chi connectivity index (χ2v) is 6.07. The van der Waals surface area contributed by atoms with Crippen molar-refractivity contribution in [1.29, 1.82) is 0 Å². The van der Waals surface area contributed by atoms with E-state index in [1.807, 2.05) is 0 Å². The van der Waals surface area contributed by atoms with Gasteiger partial charge in [-0.05, 0) is 0 Å². The summed E-state index contributed by atoms with van der Waals surface area (Å²) < 4.78 is 4.40. The lowest BCUT2D eigenvalue weighted by atomic mass is 10.4. The predicted octanol–water partition coefficient (Wildman–Crippen LogP) is -1.08. The van der Waals surface area contributed by atoms with E-state index in [2.05, 4.69) is 10.1 Å². The molecule has 9 nitrogen and oxygen atoms in total. The van der Waals surface area contributed by atoms with Crippen molar-refractivity contribution in [3.63, 3.8) is 0 Å². The van der Waals surface area contributed by atoms with Gasteiger partial charge in [-0.15, -0.1) is 0 Å². The highest BCUT2D eigenvalue weighted by Crippen LogP contribution is 2.22. The van der Waals surface area contributed by atoms with Gasteiger partial charge in [-0.25, -0.2) is 4.79 Å². The zero-order valence-corrected chi connectivity index (χ0v) is 12.1. The summed E-state index contributed by atoms with van der Waals surface area (Å²) >= 11 is 0. The monoisotopic (exact) mass is 327 g/mol. The molecule has 1 fully saturated rings. The molecule has 1 aliphatic rings. The van der Waals surface area contributed by atoms with E-state index >= 15 is 0 Å². The van der Waals surface area contributed by atoms with Crippen molar-refractivity contribution >= 4 is 39.6 Å². The fourth-order valence-electron chi connectivity index (χ4n) is 0.733. The molecular weight excluding hydrogens is 310 g/mol. The zero-order chi connectivity index (χ0) is 15.5. The van der Waals surface area contributed by atoms with E-state index in [1.165, 1.54) is 21.6 Å². The third-order valence-corrected chi connectivity index (χ3v) is 4.29.